The Bertz CT molecular complexity index is 1280. The van der Waals surface area contributed by atoms with Gasteiger partial charge in [0.1, 0.15) is 5.75 Å². The Kier molecular flexibility index (Phi) is 6.40. The van der Waals surface area contributed by atoms with Crippen molar-refractivity contribution in [1.29, 1.82) is 0 Å². The predicted molar refractivity (Wildman–Crippen MR) is 139 cm³/mol. The van der Waals surface area contributed by atoms with Crippen molar-refractivity contribution in [3.05, 3.63) is 59.5 Å². The molecule has 2 fully saturated rings. The fourth-order valence-corrected chi connectivity index (χ4v) is 6.59. The number of ether oxygens (including phenoxy) is 2. The zero-order valence-electron chi connectivity index (χ0n) is 21.6. The molecule has 1 N–H and O–H groups in total. The number of aryl methyl sites for hydroxylation is 1. The molecule has 1 amide bonds. The van der Waals surface area contributed by atoms with Crippen LogP contribution in [-0.4, -0.2) is 101 Å². The number of hydrogen-bond acceptors (Lipinski definition) is 7. The summed E-state index contributed by atoms with van der Waals surface area (Å²) in [6.45, 7) is 6.22. The van der Waals surface area contributed by atoms with Gasteiger partial charge in [-0.2, -0.15) is 0 Å². The number of carbonyl (C=O) groups excluding carboxylic acids is 1. The van der Waals surface area contributed by atoms with Crippen LogP contribution in [0.25, 0.3) is 10.9 Å². The van der Waals surface area contributed by atoms with E-state index in [9.17, 15) is 9.90 Å². The Morgan fingerprint density at radius 1 is 1.14 bits per heavy atom. The Hall–Kier alpha value is -2.98. The quantitative estimate of drug-likeness (QED) is 0.544. The summed E-state index contributed by atoms with van der Waals surface area (Å²) in [6, 6.07) is 9.94. The van der Waals surface area contributed by atoms with E-state index in [1.807, 2.05) is 30.4 Å². The van der Waals surface area contributed by atoms with Gasteiger partial charge in [0.25, 0.3) is 0 Å². The molecule has 3 aromatic rings. The van der Waals surface area contributed by atoms with Gasteiger partial charge in [-0.1, -0.05) is 0 Å². The fraction of sp³-hybridized carbons (Fsp3) is 0.500. The van der Waals surface area contributed by atoms with Gasteiger partial charge in [-0.15, -0.1) is 0 Å². The maximum Gasteiger partial charge on any atom is 0.237 e. The fourth-order valence-electron chi connectivity index (χ4n) is 6.59. The first-order chi connectivity index (χ1) is 18.0. The molecule has 0 saturated carbocycles. The van der Waals surface area contributed by atoms with Crippen molar-refractivity contribution < 1.29 is 19.4 Å². The first-order valence-corrected chi connectivity index (χ1v) is 13.0. The number of aliphatic hydroxyl groups excluding tert-OH is 1. The number of hydrogen-bond donors (Lipinski definition) is 1. The van der Waals surface area contributed by atoms with Crippen molar-refractivity contribution in [3.63, 3.8) is 0 Å². The van der Waals surface area contributed by atoms with Gasteiger partial charge in [-0.25, -0.2) is 0 Å². The lowest BCUT2D eigenvalue weighted by Gasteiger charge is -2.56. The Balaban J connectivity index is 1.38. The summed E-state index contributed by atoms with van der Waals surface area (Å²) in [5, 5.41) is 11.8. The Labute approximate surface area is 217 Å². The molecular formula is C28H35N5O4. The number of amides is 1. The molecular weight excluding hydrogens is 470 g/mol. The second-order valence-corrected chi connectivity index (χ2v) is 10.6. The Morgan fingerprint density at radius 2 is 1.89 bits per heavy atom. The standard InChI is InChI=1S/C28H35N5O4/c1-30-23-13-21(36-2)3-4-22(23)26-27(30)24(16-34)33(25(35)15-31-9-11-37-12-10-31)19-28(26)17-32(18-28)14-20-5-7-29-8-6-20/h3-8,13,24,34H,9-12,14-19H2,1-2H3/t24-/m1/s1. The van der Waals surface area contributed by atoms with Crippen LogP contribution < -0.4 is 4.74 Å². The second kappa shape index (κ2) is 9.72. The second-order valence-electron chi connectivity index (χ2n) is 10.6. The molecule has 196 valence electrons. The van der Waals surface area contributed by atoms with Crippen LogP contribution >= 0.6 is 0 Å². The highest BCUT2D eigenvalue weighted by Gasteiger charge is 2.54. The monoisotopic (exact) mass is 505 g/mol. The van der Waals surface area contributed by atoms with Crippen LogP contribution in [-0.2, 0) is 28.5 Å². The molecule has 0 aliphatic carbocycles. The maximum absolute atomic E-state index is 13.8. The molecule has 2 saturated heterocycles. The molecule has 37 heavy (non-hydrogen) atoms. The molecule has 2 aromatic heterocycles. The van der Waals surface area contributed by atoms with Crippen LogP contribution in [0.15, 0.2) is 42.7 Å². The number of likely N-dealkylation sites (tertiary alicyclic amines) is 1. The summed E-state index contributed by atoms with van der Waals surface area (Å²) in [5.74, 6) is 0.870. The third-order valence-electron chi connectivity index (χ3n) is 8.31. The van der Waals surface area contributed by atoms with E-state index in [0.29, 0.717) is 26.3 Å². The number of aliphatic hydroxyl groups is 1. The highest BCUT2D eigenvalue weighted by Crippen LogP contribution is 2.49. The van der Waals surface area contributed by atoms with Gasteiger partial charge in [0.05, 0.1) is 45.0 Å². The topological polar surface area (TPSA) is 83.3 Å². The van der Waals surface area contributed by atoms with E-state index in [-0.39, 0.29) is 24.0 Å². The number of morpholine rings is 1. The van der Waals surface area contributed by atoms with E-state index >= 15 is 0 Å². The normalized spacial score (nSPS) is 21.7. The number of carbonyl (C=O) groups is 1. The van der Waals surface area contributed by atoms with E-state index in [4.69, 9.17) is 9.47 Å². The van der Waals surface area contributed by atoms with Gasteiger partial charge in [-0.05, 0) is 35.4 Å². The average molecular weight is 506 g/mol. The highest BCUT2D eigenvalue weighted by molar-refractivity contribution is 5.90. The van der Waals surface area contributed by atoms with Crippen LogP contribution in [0.1, 0.15) is 22.9 Å². The first kappa shape index (κ1) is 24.4. The third kappa shape index (κ3) is 4.20. The number of fused-ring (bicyclic) bond motifs is 4. The SMILES string of the molecule is COc1ccc2c3c(n(C)c2c1)[C@@H](CO)N(C(=O)CN1CCOCC1)CC31CN(Cc2ccncc2)C1. The number of aromatic nitrogens is 2. The smallest absolute Gasteiger partial charge is 0.237 e. The molecule has 0 radical (unpaired) electrons. The minimum absolute atomic E-state index is 0.0707. The molecule has 1 atom stereocenters. The van der Waals surface area contributed by atoms with E-state index in [1.54, 1.807) is 7.11 Å². The number of nitrogens with zero attached hydrogens (tertiary/aromatic N) is 5. The third-order valence-corrected chi connectivity index (χ3v) is 8.31. The van der Waals surface area contributed by atoms with Gasteiger partial charge >= 0.3 is 0 Å². The number of benzene rings is 1. The first-order valence-electron chi connectivity index (χ1n) is 13.0. The number of methoxy groups -OCH3 is 1. The van der Waals surface area contributed by atoms with Crippen LogP contribution in [0.4, 0.5) is 0 Å². The molecule has 1 aromatic carbocycles. The lowest BCUT2D eigenvalue weighted by atomic mass is 9.68. The minimum atomic E-state index is -0.383. The van der Waals surface area contributed by atoms with Crippen LogP contribution in [0.5, 0.6) is 5.75 Å². The molecule has 9 nitrogen and oxygen atoms in total. The van der Waals surface area contributed by atoms with Gasteiger partial charge < -0.3 is 24.0 Å². The van der Waals surface area contributed by atoms with Crippen LogP contribution in [0.2, 0.25) is 0 Å². The lowest BCUT2D eigenvalue weighted by molar-refractivity contribution is -0.141. The molecule has 9 heteroatoms. The highest BCUT2D eigenvalue weighted by atomic mass is 16.5. The summed E-state index contributed by atoms with van der Waals surface area (Å²) in [4.78, 5) is 24.4. The molecule has 1 spiro atoms. The van der Waals surface area contributed by atoms with Crippen molar-refractivity contribution in [2.75, 3.05) is 66.2 Å². The molecule has 6 rings (SSSR count). The van der Waals surface area contributed by atoms with Crippen LogP contribution in [0, 0.1) is 0 Å². The maximum atomic E-state index is 13.8. The number of pyridine rings is 1. The molecule has 0 bridgehead atoms. The van der Waals surface area contributed by atoms with E-state index < -0.39 is 0 Å². The summed E-state index contributed by atoms with van der Waals surface area (Å²) in [7, 11) is 3.72. The summed E-state index contributed by atoms with van der Waals surface area (Å²) < 4.78 is 13.2. The van der Waals surface area contributed by atoms with Crippen molar-refractivity contribution in [3.8, 4) is 5.75 Å². The lowest BCUT2D eigenvalue weighted by Crippen LogP contribution is -2.67. The van der Waals surface area contributed by atoms with Crippen LogP contribution in [0.3, 0.4) is 0 Å². The average Bonchev–Trinajstić information content (AvgIpc) is 3.21. The zero-order valence-corrected chi connectivity index (χ0v) is 21.6. The van der Waals surface area contributed by atoms with Crippen molar-refractivity contribution in [2.24, 2.45) is 7.05 Å². The summed E-state index contributed by atoms with van der Waals surface area (Å²) >= 11 is 0. The van der Waals surface area contributed by atoms with E-state index in [1.165, 1.54) is 16.5 Å². The predicted octanol–water partition coefficient (Wildman–Crippen LogP) is 1.54. The molecule has 0 unspecified atom stereocenters. The molecule has 3 aliphatic heterocycles. The summed E-state index contributed by atoms with van der Waals surface area (Å²) in [6.07, 6.45) is 3.67. The molecule has 3 aliphatic rings. The minimum Gasteiger partial charge on any atom is -0.497 e. The number of rotatable bonds is 6. The van der Waals surface area contributed by atoms with Crippen molar-refractivity contribution >= 4 is 16.8 Å². The van der Waals surface area contributed by atoms with E-state index in [2.05, 4.69) is 43.6 Å². The van der Waals surface area contributed by atoms with Gasteiger partial charge in [0, 0.05) is 81.3 Å². The van der Waals surface area contributed by atoms with Gasteiger partial charge in [-0.3, -0.25) is 19.6 Å². The zero-order chi connectivity index (χ0) is 25.6. The van der Waals surface area contributed by atoms with Crippen molar-refractivity contribution in [1.82, 2.24) is 24.3 Å². The molecule has 5 heterocycles. The largest absolute Gasteiger partial charge is 0.497 e. The van der Waals surface area contributed by atoms with Crippen molar-refractivity contribution in [2.45, 2.75) is 18.0 Å². The van der Waals surface area contributed by atoms with Gasteiger partial charge in [0.15, 0.2) is 0 Å². The van der Waals surface area contributed by atoms with E-state index in [0.717, 1.165) is 49.7 Å². The van der Waals surface area contributed by atoms with Gasteiger partial charge in [0.2, 0.25) is 5.91 Å². The summed E-state index contributed by atoms with van der Waals surface area (Å²) in [5.41, 5.74) is 4.42. The Morgan fingerprint density at radius 3 is 2.59 bits per heavy atom.